The first-order chi connectivity index (χ1) is 10.3. The zero-order chi connectivity index (χ0) is 14.5. The lowest BCUT2D eigenvalue weighted by molar-refractivity contribution is 1.35. The molecule has 2 nitrogen and oxygen atoms in total. The van der Waals surface area contributed by atoms with E-state index in [0.29, 0.717) is 0 Å². The van der Waals surface area contributed by atoms with Gasteiger partial charge in [0.15, 0.2) is 0 Å². The van der Waals surface area contributed by atoms with Crippen LogP contribution in [0.15, 0.2) is 71.8 Å². The van der Waals surface area contributed by atoms with Gasteiger partial charge in [-0.15, -0.1) is 11.3 Å². The van der Waals surface area contributed by atoms with Crippen LogP contribution in [0.2, 0.25) is 0 Å². The van der Waals surface area contributed by atoms with Gasteiger partial charge in [-0.05, 0) is 31.2 Å². The molecule has 1 heterocycles. The minimum absolute atomic E-state index is 0.984. The number of para-hydroxylation sites is 1. The van der Waals surface area contributed by atoms with Crippen molar-refractivity contribution in [3.05, 3.63) is 77.2 Å². The highest BCUT2D eigenvalue weighted by Gasteiger charge is 2.04. The quantitative estimate of drug-likeness (QED) is 0.520. The average Bonchev–Trinajstić information content (AvgIpc) is 2.95. The highest BCUT2D eigenvalue weighted by Crippen LogP contribution is 2.29. The summed E-state index contributed by atoms with van der Waals surface area (Å²) >= 11 is 1.80. The van der Waals surface area contributed by atoms with E-state index >= 15 is 0 Å². The summed E-state index contributed by atoms with van der Waals surface area (Å²) in [5, 5.41) is 4.33. The Morgan fingerprint density at radius 1 is 0.905 bits per heavy atom. The predicted molar refractivity (Wildman–Crippen MR) is 92.2 cm³/mol. The Bertz CT molecular complexity index is 745. The molecule has 0 aliphatic carbocycles. The summed E-state index contributed by atoms with van der Waals surface area (Å²) < 4.78 is 0. The highest BCUT2D eigenvalue weighted by molar-refractivity contribution is 7.15. The summed E-state index contributed by atoms with van der Waals surface area (Å²) in [5.74, 6) is 0. The Morgan fingerprint density at radius 3 is 2.43 bits per heavy atom. The molecule has 21 heavy (non-hydrogen) atoms. The molecule has 0 fully saturated rings. The third kappa shape index (κ3) is 3.38. The van der Waals surface area contributed by atoms with E-state index in [1.54, 1.807) is 11.3 Å². The first-order valence-electron chi connectivity index (χ1n) is 6.83. The Balaban J connectivity index is 1.83. The lowest BCUT2D eigenvalue weighted by atomic mass is 10.1. The Kier molecular flexibility index (Phi) is 4.12. The summed E-state index contributed by atoms with van der Waals surface area (Å²) in [4.78, 5) is 2.59. The second-order valence-corrected chi connectivity index (χ2v) is 6.02. The van der Waals surface area contributed by atoms with Gasteiger partial charge in [0.2, 0.25) is 0 Å². The fourth-order valence-electron chi connectivity index (χ4n) is 2.10. The minimum atomic E-state index is 0.984. The van der Waals surface area contributed by atoms with Gasteiger partial charge in [0.25, 0.3) is 0 Å². The third-order valence-corrected chi connectivity index (χ3v) is 4.17. The van der Waals surface area contributed by atoms with Crippen molar-refractivity contribution in [1.82, 2.24) is 0 Å². The third-order valence-electron chi connectivity index (χ3n) is 3.14. The molecular formula is C18H16N2S. The lowest BCUT2D eigenvalue weighted by Crippen LogP contribution is -1.91. The van der Waals surface area contributed by atoms with Crippen LogP contribution in [0.5, 0.6) is 0 Å². The van der Waals surface area contributed by atoms with Crippen molar-refractivity contribution in [2.24, 2.45) is 5.10 Å². The van der Waals surface area contributed by atoms with Gasteiger partial charge in [-0.25, -0.2) is 0 Å². The average molecular weight is 292 g/mol. The Morgan fingerprint density at radius 2 is 1.67 bits per heavy atom. The molecule has 0 aliphatic rings. The number of benzene rings is 2. The van der Waals surface area contributed by atoms with Crippen molar-refractivity contribution in [2.45, 2.75) is 6.92 Å². The molecule has 0 spiro atoms. The molecule has 1 N–H and O–H groups in total. The van der Waals surface area contributed by atoms with Crippen molar-refractivity contribution in [2.75, 3.05) is 5.43 Å². The van der Waals surface area contributed by atoms with E-state index in [1.165, 1.54) is 15.3 Å². The number of nitrogens with zero attached hydrogens (tertiary/aromatic N) is 1. The standard InChI is InChI=1S/C18H16N2S/c1-14-11-12-18(21-14)17-10-6-5-7-15(17)13-19-20-16-8-3-2-4-9-16/h2-13,20H,1H3. The summed E-state index contributed by atoms with van der Waals surface area (Å²) in [6.07, 6.45) is 1.87. The van der Waals surface area contributed by atoms with E-state index in [4.69, 9.17) is 0 Å². The summed E-state index contributed by atoms with van der Waals surface area (Å²) in [6.45, 7) is 2.13. The van der Waals surface area contributed by atoms with Crippen LogP contribution in [0, 0.1) is 6.92 Å². The van der Waals surface area contributed by atoms with Crippen LogP contribution >= 0.6 is 11.3 Å². The molecule has 3 aromatic rings. The van der Waals surface area contributed by atoms with Crippen LogP contribution in [-0.4, -0.2) is 6.21 Å². The number of anilines is 1. The second-order valence-electron chi connectivity index (χ2n) is 4.73. The molecule has 0 saturated carbocycles. The van der Waals surface area contributed by atoms with Gasteiger partial charge in [0, 0.05) is 20.9 Å². The molecule has 0 saturated heterocycles. The molecule has 0 aliphatic heterocycles. The fraction of sp³-hybridized carbons (Fsp3) is 0.0556. The van der Waals surface area contributed by atoms with Crippen LogP contribution in [0.25, 0.3) is 10.4 Å². The molecule has 0 radical (unpaired) electrons. The number of nitrogens with one attached hydrogen (secondary N) is 1. The number of thiophene rings is 1. The maximum Gasteiger partial charge on any atom is 0.0561 e. The molecule has 3 rings (SSSR count). The molecule has 104 valence electrons. The molecular weight excluding hydrogens is 276 g/mol. The van der Waals surface area contributed by atoms with Crippen LogP contribution in [0.4, 0.5) is 5.69 Å². The van der Waals surface area contributed by atoms with Crippen LogP contribution in [-0.2, 0) is 0 Å². The van der Waals surface area contributed by atoms with Gasteiger partial charge in [0.05, 0.1) is 11.9 Å². The molecule has 0 unspecified atom stereocenters. The smallest absolute Gasteiger partial charge is 0.0561 e. The van der Waals surface area contributed by atoms with Gasteiger partial charge >= 0.3 is 0 Å². The van der Waals surface area contributed by atoms with E-state index in [2.05, 4.69) is 47.8 Å². The van der Waals surface area contributed by atoms with Gasteiger partial charge in [0.1, 0.15) is 0 Å². The maximum atomic E-state index is 4.33. The molecule has 1 aromatic heterocycles. The Hall–Kier alpha value is -2.39. The van der Waals surface area contributed by atoms with Crippen molar-refractivity contribution < 1.29 is 0 Å². The second kappa shape index (κ2) is 6.37. The van der Waals surface area contributed by atoms with Gasteiger partial charge < -0.3 is 0 Å². The number of hydrogen-bond donors (Lipinski definition) is 1. The number of hydrazone groups is 1. The predicted octanol–water partition coefficient (Wildman–Crippen LogP) is 5.17. The van der Waals surface area contributed by atoms with Gasteiger partial charge in [-0.3, -0.25) is 5.43 Å². The van der Waals surface area contributed by atoms with Crippen molar-refractivity contribution in [3.8, 4) is 10.4 Å². The maximum absolute atomic E-state index is 4.33. The minimum Gasteiger partial charge on any atom is -0.279 e. The normalized spacial score (nSPS) is 10.9. The van der Waals surface area contributed by atoms with E-state index in [-0.39, 0.29) is 0 Å². The Labute approximate surface area is 128 Å². The summed E-state index contributed by atoms with van der Waals surface area (Å²) in [5.41, 5.74) is 6.36. The zero-order valence-corrected chi connectivity index (χ0v) is 12.6. The van der Waals surface area contributed by atoms with Crippen LogP contribution in [0.3, 0.4) is 0 Å². The van der Waals surface area contributed by atoms with Crippen molar-refractivity contribution >= 4 is 23.2 Å². The first kappa shape index (κ1) is 13.6. The monoisotopic (exact) mass is 292 g/mol. The van der Waals surface area contributed by atoms with E-state index in [9.17, 15) is 0 Å². The first-order valence-corrected chi connectivity index (χ1v) is 7.64. The van der Waals surface area contributed by atoms with Crippen LogP contribution in [0.1, 0.15) is 10.4 Å². The molecule has 3 heteroatoms. The molecule has 0 amide bonds. The molecule has 2 aromatic carbocycles. The number of aryl methyl sites for hydroxylation is 1. The molecule has 0 atom stereocenters. The number of hydrogen-bond acceptors (Lipinski definition) is 3. The number of rotatable bonds is 4. The van der Waals surface area contributed by atoms with Gasteiger partial charge in [-0.1, -0.05) is 42.5 Å². The van der Waals surface area contributed by atoms with E-state index in [1.807, 2.05) is 42.6 Å². The van der Waals surface area contributed by atoms with E-state index in [0.717, 1.165) is 11.3 Å². The van der Waals surface area contributed by atoms with E-state index < -0.39 is 0 Å². The topological polar surface area (TPSA) is 24.4 Å². The zero-order valence-electron chi connectivity index (χ0n) is 11.8. The lowest BCUT2D eigenvalue weighted by Gasteiger charge is -2.03. The SMILES string of the molecule is Cc1ccc(-c2ccccc2C=NNc2ccccc2)s1. The van der Waals surface area contributed by atoms with Crippen molar-refractivity contribution in [3.63, 3.8) is 0 Å². The van der Waals surface area contributed by atoms with Crippen LogP contribution < -0.4 is 5.43 Å². The van der Waals surface area contributed by atoms with Crippen molar-refractivity contribution in [1.29, 1.82) is 0 Å². The van der Waals surface area contributed by atoms with Gasteiger partial charge in [-0.2, -0.15) is 5.10 Å². The highest BCUT2D eigenvalue weighted by atomic mass is 32.1. The summed E-state index contributed by atoms with van der Waals surface area (Å²) in [6, 6.07) is 22.6. The largest absolute Gasteiger partial charge is 0.279 e. The summed E-state index contributed by atoms with van der Waals surface area (Å²) in [7, 11) is 0. The fourth-order valence-corrected chi connectivity index (χ4v) is 3.02. The molecule has 0 bridgehead atoms.